The Kier molecular flexibility index (Phi) is 4.20. The molecule has 0 aliphatic heterocycles. The number of carbonyl (C=O) groups is 1. The minimum atomic E-state index is 0.163. The molecule has 0 aromatic heterocycles. The van der Waals surface area contributed by atoms with E-state index in [1.165, 1.54) is 16.7 Å². The monoisotopic (exact) mass is 316 g/mol. The van der Waals surface area contributed by atoms with Crippen molar-refractivity contribution in [2.45, 2.75) is 27.2 Å². The van der Waals surface area contributed by atoms with Crippen LogP contribution in [0.15, 0.2) is 40.9 Å². The van der Waals surface area contributed by atoms with E-state index in [9.17, 15) is 4.79 Å². The Bertz CT molecular complexity index is 606. The summed E-state index contributed by atoms with van der Waals surface area (Å²) in [7, 11) is 0. The minimum absolute atomic E-state index is 0.163. The average Bonchev–Trinajstić information content (AvgIpc) is 2.33. The number of ketones is 1. The lowest BCUT2D eigenvalue weighted by Crippen LogP contribution is -2.06. The number of hydrogen-bond donors (Lipinski definition) is 0. The van der Waals surface area contributed by atoms with Crippen LogP contribution in [0.25, 0.3) is 0 Å². The van der Waals surface area contributed by atoms with Crippen molar-refractivity contribution in [3.63, 3.8) is 0 Å². The molecule has 0 aliphatic rings. The molecule has 0 amide bonds. The Hall–Kier alpha value is -1.41. The number of hydrogen-bond acceptors (Lipinski definition) is 1. The van der Waals surface area contributed by atoms with Gasteiger partial charge in [-0.1, -0.05) is 45.8 Å². The number of halogens is 1. The first kappa shape index (κ1) is 14.0. The van der Waals surface area contributed by atoms with Crippen LogP contribution in [-0.2, 0) is 6.42 Å². The van der Waals surface area contributed by atoms with Crippen LogP contribution < -0.4 is 0 Å². The summed E-state index contributed by atoms with van der Waals surface area (Å²) in [5, 5.41) is 0. The topological polar surface area (TPSA) is 17.1 Å². The third-order valence-electron chi connectivity index (χ3n) is 3.32. The lowest BCUT2D eigenvalue weighted by atomic mass is 9.94. The van der Waals surface area contributed by atoms with Gasteiger partial charge in [0.05, 0.1) is 0 Å². The Morgan fingerprint density at radius 1 is 1.05 bits per heavy atom. The van der Waals surface area contributed by atoms with Gasteiger partial charge in [-0.2, -0.15) is 0 Å². The number of aryl methyl sites for hydroxylation is 3. The van der Waals surface area contributed by atoms with Crippen LogP contribution in [0.4, 0.5) is 0 Å². The zero-order chi connectivity index (χ0) is 14.0. The van der Waals surface area contributed by atoms with E-state index in [0.29, 0.717) is 6.42 Å². The highest BCUT2D eigenvalue weighted by atomic mass is 79.9. The van der Waals surface area contributed by atoms with Gasteiger partial charge >= 0.3 is 0 Å². The highest BCUT2D eigenvalue weighted by molar-refractivity contribution is 9.10. The van der Waals surface area contributed by atoms with Crippen LogP contribution >= 0.6 is 15.9 Å². The van der Waals surface area contributed by atoms with E-state index >= 15 is 0 Å². The van der Waals surface area contributed by atoms with Crippen molar-refractivity contribution in [1.82, 2.24) is 0 Å². The van der Waals surface area contributed by atoms with Gasteiger partial charge in [0.2, 0.25) is 0 Å². The zero-order valence-corrected chi connectivity index (χ0v) is 13.0. The second-order valence-corrected chi connectivity index (χ2v) is 5.90. The maximum absolute atomic E-state index is 12.3. The normalized spacial score (nSPS) is 10.5. The average molecular weight is 317 g/mol. The quantitative estimate of drug-likeness (QED) is 0.743. The summed E-state index contributed by atoms with van der Waals surface area (Å²) in [4.78, 5) is 12.3. The predicted octanol–water partition coefficient (Wildman–Crippen LogP) is 4.80. The van der Waals surface area contributed by atoms with Crippen LogP contribution in [0.2, 0.25) is 0 Å². The van der Waals surface area contributed by atoms with Gasteiger partial charge in [0.25, 0.3) is 0 Å². The van der Waals surface area contributed by atoms with Crippen molar-refractivity contribution in [2.24, 2.45) is 0 Å². The minimum Gasteiger partial charge on any atom is -0.294 e. The highest BCUT2D eigenvalue weighted by Gasteiger charge is 2.11. The van der Waals surface area contributed by atoms with E-state index in [0.717, 1.165) is 15.6 Å². The summed E-state index contributed by atoms with van der Waals surface area (Å²) in [5.74, 6) is 0.163. The molecule has 98 valence electrons. The molecule has 0 bridgehead atoms. The first-order valence-electron chi connectivity index (χ1n) is 6.33. The summed E-state index contributed by atoms with van der Waals surface area (Å²) in [6.45, 7) is 6.23. The van der Waals surface area contributed by atoms with Crippen molar-refractivity contribution in [3.05, 3.63) is 68.7 Å². The molecule has 0 aliphatic carbocycles. The summed E-state index contributed by atoms with van der Waals surface area (Å²) >= 11 is 3.40. The molecule has 2 rings (SSSR count). The fraction of sp³-hybridized carbons (Fsp3) is 0.235. The molecule has 1 nitrogen and oxygen atoms in total. The molecule has 2 aromatic carbocycles. The summed E-state index contributed by atoms with van der Waals surface area (Å²) < 4.78 is 0.940. The second-order valence-electron chi connectivity index (χ2n) is 4.99. The molecule has 0 heterocycles. The van der Waals surface area contributed by atoms with Crippen molar-refractivity contribution in [3.8, 4) is 0 Å². The predicted molar refractivity (Wildman–Crippen MR) is 82.8 cm³/mol. The molecule has 2 aromatic rings. The molecule has 0 atom stereocenters. The van der Waals surface area contributed by atoms with Crippen molar-refractivity contribution < 1.29 is 4.79 Å². The van der Waals surface area contributed by atoms with Crippen LogP contribution in [-0.4, -0.2) is 5.78 Å². The Morgan fingerprint density at radius 3 is 2.26 bits per heavy atom. The van der Waals surface area contributed by atoms with E-state index in [-0.39, 0.29) is 5.78 Å². The summed E-state index contributed by atoms with van der Waals surface area (Å²) in [6, 6.07) is 11.8. The van der Waals surface area contributed by atoms with Gasteiger partial charge in [0.1, 0.15) is 0 Å². The maximum atomic E-state index is 12.3. The smallest absolute Gasteiger partial charge is 0.167 e. The number of Topliss-reactive ketones (excluding diaryl/α,β-unsaturated/α-hetero) is 1. The van der Waals surface area contributed by atoms with Gasteiger partial charge < -0.3 is 0 Å². The number of carbonyl (C=O) groups excluding carboxylic acids is 1. The molecule has 0 N–H and O–H groups in total. The van der Waals surface area contributed by atoms with E-state index in [4.69, 9.17) is 0 Å². The zero-order valence-electron chi connectivity index (χ0n) is 11.5. The van der Waals surface area contributed by atoms with Gasteiger partial charge in [0.15, 0.2) is 5.78 Å². The lowest BCUT2D eigenvalue weighted by molar-refractivity contribution is 0.0992. The second kappa shape index (κ2) is 5.70. The molecular formula is C17H17BrO. The van der Waals surface area contributed by atoms with Gasteiger partial charge in [-0.25, -0.2) is 0 Å². The SMILES string of the molecule is Cc1cc(C)c(CC(=O)c2cccc(Br)c2)c(C)c1. The molecule has 19 heavy (non-hydrogen) atoms. The van der Waals surface area contributed by atoms with Gasteiger partial charge in [0, 0.05) is 16.5 Å². The summed E-state index contributed by atoms with van der Waals surface area (Å²) in [5.41, 5.74) is 5.54. The van der Waals surface area contributed by atoms with E-state index in [1.54, 1.807) is 0 Å². The molecule has 0 spiro atoms. The lowest BCUT2D eigenvalue weighted by Gasteiger charge is -2.11. The number of rotatable bonds is 3. The van der Waals surface area contributed by atoms with E-state index < -0.39 is 0 Å². The van der Waals surface area contributed by atoms with Crippen molar-refractivity contribution in [2.75, 3.05) is 0 Å². The standard InChI is InChI=1S/C17H17BrO/c1-11-7-12(2)16(13(3)8-11)10-17(19)14-5-4-6-15(18)9-14/h4-9H,10H2,1-3H3. The maximum Gasteiger partial charge on any atom is 0.167 e. The molecule has 0 fully saturated rings. The summed E-state index contributed by atoms with van der Waals surface area (Å²) in [6.07, 6.45) is 0.467. The third kappa shape index (κ3) is 3.32. The van der Waals surface area contributed by atoms with Crippen molar-refractivity contribution >= 4 is 21.7 Å². The molecule has 0 unspecified atom stereocenters. The molecule has 0 radical (unpaired) electrons. The van der Waals surface area contributed by atoms with Crippen LogP contribution in [0.1, 0.15) is 32.6 Å². The molecule has 0 saturated heterocycles. The Labute approximate surface area is 122 Å². The number of benzene rings is 2. The largest absolute Gasteiger partial charge is 0.294 e. The van der Waals surface area contributed by atoms with Crippen LogP contribution in [0, 0.1) is 20.8 Å². The van der Waals surface area contributed by atoms with Gasteiger partial charge in [-0.15, -0.1) is 0 Å². The van der Waals surface area contributed by atoms with Crippen LogP contribution in [0.5, 0.6) is 0 Å². The van der Waals surface area contributed by atoms with E-state index in [2.05, 4.69) is 48.8 Å². The fourth-order valence-electron chi connectivity index (χ4n) is 2.41. The van der Waals surface area contributed by atoms with E-state index in [1.807, 2.05) is 24.3 Å². The van der Waals surface area contributed by atoms with Gasteiger partial charge in [-0.3, -0.25) is 4.79 Å². The van der Waals surface area contributed by atoms with Crippen LogP contribution in [0.3, 0.4) is 0 Å². The molecular weight excluding hydrogens is 300 g/mol. The first-order valence-corrected chi connectivity index (χ1v) is 7.12. The molecule has 2 heteroatoms. The first-order chi connectivity index (χ1) is 8.97. The van der Waals surface area contributed by atoms with Crippen molar-refractivity contribution in [1.29, 1.82) is 0 Å². The Morgan fingerprint density at radius 2 is 1.68 bits per heavy atom. The Balaban J connectivity index is 2.29. The highest BCUT2D eigenvalue weighted by Crippen LogP contribution is 2.20. The fourth-order valence-corrected chi connectivity index (χ4v) is 2.81. The molecule has 0 saturated carbocycles. The third-order valence-corrected chi connectivity index (χ3v) is 3.82. The van der Waals surface area contributed by atoms with Gasteiger partial charge in [-0.05, 0) is 49.6 Å².